The fraction of sp³-hybridized carbons (Fsp3) is 0.462. The lowest BCUT2D eigenvalue weighted by Crippen LogP contribution is -2.48. The van der Waals surface area contributed by atoms with Crippen molar-refractivity contribution >= 4 is 17.9 Å². The number of anilines is 1. The molecule has 2 heterocycles. The highest BCUT2D eigenvalue weighted by Crippen LogP contribution is 2.47. The van der Waals surface area contributed by atoms with E-state index >= 15 is 0 Å². The first-order chi connectivity index (χ1) is 18.3. The molecule has 39 heavy (non-hydrogen) atoms. The van der Waals surface area contributed by atoms with E-state index in [4.69, 9.17) is 14.2 Å². The number of methoxy groups -OCH3 is 1. The molecule has 2 aliphatic rings. The number of ether oxygens (including phenoxy) is 3. The summed E-state index contributed by atoms with van der Waals surface area (Å²) in [6.45, 7) is 3.18. The highest BCUT2D eigenvalue weighted by atomic mass is 19.4. The van der Waals surface area contributed by atoms with E-state index in [-0.39, 0.29) is 24.7 Å². The van der Waals surface area contributed by atoms with Crippen LogP contribution in [0.15, 0.2) is 30.3 Å². The lowest BCUT2D eigenvalue weighted by Gasteiger charge is -2.43. The molecular formula is C26H26F6N2O5. The third-order valence-corrected chi connectivity index (χ3v) is 6.75. The summed E-state index contributed by atoms with van der Waals surface area (Å²) < 4.78 is 96.8. The van der Waals surface area contributed by atoms with Gasteiger partial charge in [0.25, 0.3) is 0 Å². The molecule has 4 rings (SSSR count). The van der Waals surface area contributed by atoms with Gasteiger partial charge in [0.15, 0.2) is 0 Å². The highest BCUT2D eigenvalue weighted by molar-refractivity contribution is 5.91. The van der Waals surface area contributed by atoms with Crippen LogP contribution in [-0.4, -0.2) is 43.5 Å². The van der Waals surface area contributed by atoms with Crippen molar-refractivity contribution in [3.05, 3.63) is 58.1 Å². The molecule has 0 N–H and O–H groups in total. The third kappa shape index (κ3) is 5.57. The second kappa shape index (κ2) is 10.5. The van der Waals surface area contributed by atoms with Gasteiger partial charge in [0, 0.05) is 30.1 Å². The fourth-order valence-electron chi connectivity index (χ4n) is 5.14. The summed E-state index contributed by atoms with van der Waals surface area (Å²) in [5.41, 5.74) is -1.75. The number of hydrogen-bond acceptors (Lipinski definition) is 5. The number of carbonyl (C=O) groups is 2. The average molecular weight is 560 g/mol. The van der Waals surface area contributed by atoms with E-state index in [0.29, 0.717) is 47.7 Å². The van der Waals surface area contributed by atoms with Gasteiger partial charge in [0.2, 0.25) is 0 Å². The minimum Gasteiger partial charge on any atom is -0.493 e. The van der Waals surface area contributed by atoms with Crippen molar-refractivity contribution < 1.29 is 50.1 Å². The normalized spacial score (nSPS) is 18.6. The molecule has 0 aromatic heterocycles. The first kappa shape index (κ1) is 28.4. The van der Waals surface area contributed by atoms with Crippen molar-refractivity contribution in [2.45, 2.75) is 57.7 Å². The molecule has 13 heteroatoms. The Hall–Kier alpha value is -3.64. The second-order valence-electron chi connectivity index (χ2n) is 9.26. The van der Waals surface area contributed by atoms with Gasteiger partial charge in [-0.25, -0.2) is 9.59 Å². The monoisotopic (exact) mass is 560 g/mol. The SMILES string of the molecule is CCOC(=O)N1c2ccc3c(c2[C@@H](N(Cc2cc(C(F)(F)F)cc(C(F)(F)F)c2)C(=O)OC)C[C@H]1C)CCO3. The first-order valence-electron chi connectivity index (χ1n) is 12.1. The van der Waals surface area contributed by atoms with E-state index in [9.17, 15) is 35.9 Å². The number of rotatable bonds is 4. The zero-order valence-electron chi connectivity index (χ0n) is 21.3. The molecule has 0 saturated heterocycles. The van der Waals surface area contributed by atoms with Crippen LogP contribution in [0.25, 0.3) is 0 Å². The van der Waals surface area contributed by atoms with E-state index < -0.39 is 54.3 Å². The third-order valence-electron chi connectivity index (χ3n) is 6.75. The summed E-state index contributed by atoms with van der Waals surface area (Å²) in [6.07, 6.45) is -11.1. The van der Waals surface area contributed by atoms with Crippen LogP contribution in [-0.2, 0) is 34.8 Å². The minimum atomic E-state index is -5.05. The molecule has 7 nitrogen and oxygen atoms in total. The van der Waals surface area contributed by atoms with Crippen molar-refractivity contribution in [1.29, 1.82) is 0 Å². The van der Waals surface area contributed by atoms with Gasteiger partial charge in [-0.15, -0.1) is 0 Å². The molecule has 0 bridgehead atoms. The summed E-state index contributed by atoms with van der Waals surface area (Å²) >= 11 is 0. The summed E-state index contributed by atoms with van der Waals surface area (Å²) in [5, 5.41) is 0. The van der Waals surface area contributed by atoms with Crippen LogP contribution in [0.2, 0.25) is 0 Å². The fourth-order valence-corrected chi connectivity index (χ4v) is 5.14. The molecule has 2 atom stereocenters. The number of nitrogens with zero attached hydrogens (tertiary/aromatic N) is 2. The largest absolute Gasteiger partial charge is 0.493 e. The maximum Gasteiger partial charge on any atom is 0.416 e. The number of hydrogen-bond donors (Lipinski definition) is 0. The summed E-state index contributed by atoms with van der Waals surface area (Å²) in [4.78, 5) is 28.4. The van der Waals surface area contributed by atoms with Crippen molar-refractivity contribution in [2.75, 3.05) is 25.2 Å². The van der Waals surface area contributed by atoms with Crippen molar-refractivity contribution in [2.24, 2.45) is 0 Å². The summed E-state index contributed by atoms with van der Waals surface area (Å²) in [5.74, 6) is 0.514. The first-order valence-corrected chi connectivity index (χ1v) is 12.1. The number of amides is 2. The van der Waals surface area contributed by atoms with Gasteiger partial charge < -0.3 is 14.2 Å². The Kier molecular flexibility index (Phi) is 7.63. The van der Waals surface area contributed by atoms with Crippen LogP contribution in [0.1, 0.15) is 54.1 Å². The van der Waals surface area contributed by atoms with Crippen molar-refractivity contribution in [3.63, 3.8) is 0 Å². The Morgan fingerprint density at radius 1 is 1.08 bits per heavy atom. The Labute approximate surface area is 220 Å². The molecule has 0 radical (unpaired) electrons. The molecule has 212 valence electrons. The van der Waals surface area contributed by atoms with Gasteiger partial charge in [-0.2, -0.15) is 26.3 Å². The minimum absolute atomic E-state index is 0.0331. The predicted molar refractivity (Wildman–Crippen MR) is 126 cm³/mol. The number of fused-ring (bicyclic) bond motifs is 3. The van der Waals surface area contributed by atoms with Crippen LogP contribution < -0.4 is 9.64 Å². The lowest BCUT2D eigenvalue weighted by atomic mass is 9.86. The zero-order chi connectivity index (χ0) is 28.7. The maximum absolute atomic E-state index is 13.5. The Morgan fingerprint density at radius 3 is 2.28 bits per heavy atom. The Morgan fingerprint density at radius 2 is 1.72 bits per heavy atom. The molecule has 2 aromatic carbocycles. The highest BCUT2D eigenvalue weighted by Gasteiger charge is 2.43. The molecule has 0 spiro atoms. The molecule has 0 saturated carbocycles. The molecule has 2 amide bonds. The van der Waals surface area contributed by atoms with Crippen molar-refractivity contribution in [3.8, 4) is 5.75 Å². The zero-order valence-corrected chi connectivity index (χ0v) is 21.3. The molecule has 0 aliphatic carbocycles. The number of carbonyl (C=O) groups excluding carboxylic acids is 2. The van der Waals surface area contributed by atoms with Crippen LogP contribution >= 0.6 is 0 Å². The predicted octanol–water partition coefficient (Wildman–Crippen LogP) is 6.72. The molecule has 0 fully saturated rings. The van der Waals surface area contributed by atoms with E-state index in [2.05, 4.69) is 0 Å². The summed E-state index contributed by atoms with van der Waals surface area (Å²) in [7, 11) is 1.07. The molecule has 0 unspecified atom stereocenters. The van der Waals surface area contributed by atoms with Gasteiger partial charge in [0.05, 0.1) is 43.2 Å². The van der Waals surface area contributed by atoms with E-state index in [1.54, 1.807) is 26.0 Å². The lowest BCUT2D eigenvalue weighted by molar-refractivity contribution is -0.143. The Balaban J connectivity index is 1.85. The molecular weight excluding hydrogens is 534 g/mol. The smallest absolute Gasteiger partial charge is 0.416 e. The van der Waals surface area contributed by atoms with E-state index in [0.717, 1.165) is 12.0 Å². The number of benzene rings is 2. The van der Waals surface area contributed by atoms with Crippen LogP contribution in [0, 0.1) is 0 Å². The second-order valence-corrected chi connectivity index (χ2v) is 9.26. The van der Waals surface area contributed by atoms with Crippen LogP contribution in [0.5, 0.6) is 5.75 Å². The van der Waals surface area contributed by atoms with Gasteiger partial charge in [-0.1, -0.05) is 0 Å². The van der Waals surface area contributed by atoms with Gasteiger partial charge in [-0.05, 0) is 56.2 Å². The van der Waals surface area contributed by atoms with E-state index in [1.807, 2.05) is 0 Å². The van der Waals surface area contributed by atoms with Gasteiger partial charge in [-0.3, -0.25) is 9.80 Å². The van der Waals surface area contributed by atoms with E-state index in [1.165, 1.54) is 4.90 Å². The quantitative estimate of drug-likeness (QED) is 0.388. The number of halogens is 6. The summed E-state index contributed by atoms with van der Waals surface area (Å²) in [6, 6.07) is 3.11. The molecule has 2 aromatic rings. The van der Waals surface area contributed by atoms with Gasteiger partial charge in [0.1, 0.15) is 5.75 Å². The molecule has 2 aliphatic heterocycles. The standard InChI is InChI=1S/C26H26F6N2O5/c1-4-38-24(36)34-14(2)9-20(22-18-7-8-39-21(18)6-5-19(22)34)33(23(35)37-3)13-15-10-16(25(27,28)29)12-17(11-15)26(30,31)32/h5-6,10-12,14,20H,4,7-9,13H2,1-3H3/t14-,20+/m1/s1. The van der Waals surface area contributed by atoms with Crippen LogP contribution in [0.3, 0.4) is 0 Å². The average Bonchev–Trinajstić information content (AvgIpc) is 3.34. The Bertz CT molecular complexity index is 1230. The topological polar surface area (TPSA) is 68.3 Å². The van der Waals surface area contributed by atoms with Crippen molar-refractivity contribution in [1.82, 2.24) is 4.90 Å². The van der Waals surface area contributed by atoms with Gasteiger partial charge >= 0.3 is 24.5 Å². The maximum atomic E-state index is 13.5. The number of alkyl halides is 6. The van der Waals surface area contributed by atoms with Crippen LogP contribution in [0.4, 0.5) is 41.6 Å².